The summed E-state index contributed by atoms with van der Waals surface area (Å²) < 4.78 is 16.2. The molecule has 5 heteroatoms. The number of hydrogen-bond donors (Lipinski definition) is 1. The highest BCUT2D eigenvalue weighted by Gasteiger charge is 2.19. The quantitative estimate of drug-likeness (QED) is 0.379. The van der Waals surface area contributed by atoms with Crippen LogP contribution in [0.1, 0.15) is 6.92 Å². The molecule has 0 radical (unpaired) electrons. The molecule has 0 atom stereocenters. The van der Waals surface area contributed by atoms with Crippen molar-refractivity contribution in [3.8, 4) is 34.1 Å². The van der Waals surface area contributed by atoms with Gasteiger partial charge in [-0.3, -0.25) is 4.79 Å². The van der Waals surface area contributed by atoms with Crippen LogP contribution in [0.25, 0.3) is 32.7 Å². The molecule has 0 aliphatic rings. The first-order valence-electron chi connectivity index (χ1n) is 9.11. The third-order valence-electron chi connectivity index (χ3n) is 4.90. The number of aromatic hydroxyl groups is 1. The van der Waals surface area contributed by atoms with E-state index in [0.717, 1.165) is 33.0 Å². The smallest absolute Gasteiger partial charge is 0.308 e. The van der Waals surface area contributed by atoms with E-state index >= 15 is 0 Å². The number of fused-ring (bicyclic) bond motifs is 2. The van der Waals surface area contributed by atoms with Crippen LogP contribution in [0.2, 0.25) is 0 Å². The molecule has 4 rings (SSSR count). The second-order valence-corrected chi connectivity index (χ2v) is 6.67. The van der Waals surface area contributed by atoms with E-state index in [1.165, 1.54) is 6.92 Å². The zero-order valence-electron chi connectivity index (χ0n) is 16.4. The number of ether oxygens (including phenoxy) is 3. The summed E-state index contributed by atoms with van der Waals surface area (Å²) in [5.41, 5.74) is 1.24. The normalized spacial score (nSPS) is 10.9. The fraction of sp³-hybridized carbons (Fsp3) is 0.125. The van der Waals surface area contributed by atoms with Gasteiger partial charge in [-0.1, -0.05) is 12.1 Å². The number of phenolic OH excluding ortho intramolecular Hbond substituents is 1. The lowest BCUT2D eigenvalue weighted by molar-refractivity contribution is -0.131. The van der Waals surface area contributed by atoms with Crippen LogP contribution in [0.15, 0.2) is 60.7 Å². The van der Waals surface area contributed by atoms with Crippen LogP contribution in [0, 0.1) is 0 Å². The summed E-state index contributed by atoms with van der Waals surface area (Å²) in [5, 5.41) is 14.3. The highest BCUT2D eigenvalue weighted by molar-refractivity contribution is 6.10. The number of benzene rings is 4. The van der Waals surface area contributed by atoms with Gasteiger partial charge in [0.2, 0.25) is 0 Å². The molecule has 0 saturated carbocycles. The molecule has 5 nitrogen and oxygen atoms in total. The van der Waals surface area contributed by atoms with Gasteiger partial charge in [0.15, 0.2) is 0 Å². The maximum absolute atomic E-state index is 11.7. The number of carbonyl (C=O) groups excluding carboxylic acids is 1. The minimum Gasteiger partial charge on any atom is -0.507 e. The van der Waals surface area contributed by atoms with E-state index in [4.69, 9.17) is 14.2 Å². The summed E-state index contributed by atoms with van der Waals surface area (Å²) >= 11 is 0. The van der Waals surface area contributed by atoms with Gasteiger partial charge >= 0.3 is 5.97 Å². The molecule has 0 aliphatic heterocycles. The predicted molar refractivity (Wildman–Crippen MR) is 113 cm³/mol. The van der Waals surface area contributed by atoms with E-state index in [1.54, 1.807) is 26.4 Å². The molecule has 4 aromatic rings. The lowest BCUT2D eigenvalue weighted by atomic mass is 9.92. The van der Waals surface area contributed by atoms with Gasteiger partial charge in [0.1, 0.15) is 23.0 Å². The van der Waals surface area contributed by atoms with Gasteiger partial charge in [-0.05, 0) is 70.1 Å². The first kappa shape index (κ1) is 18.6. The number of esters is 1. The van der Waals surface area contributed by atoms with E-state index in [1.807, 2.05) is 48.5 Å². The van der Waals surface area contributed by atoms with Crippen LogP contribution < -0.4 is 14.2 Å². The van der Waals surface area contributed by atoms with Crippen LogP contribution >= 0.6 is 0 Å². The van der Waals surface area contributed by atoms with Crippen molar-refractivity contribution in [2.24, 2.45) is 0 Å². The molecule has 0 heterocycles. The molecule has 1 N–H and O–H groups in total. The molecule has 29 heavy (non-hydrogen) atoms. The van der Waals surface area contributed by atoms with Gasteiger partial charge in [-0.25, -0.2) is 0 Å². The molecule has 0 unspecified atom stereocenters. The molecule has 0 bridgehead atoms. The molecule has 0 aromatic heterocycles. The lowest BCUT2D eigenvalue weighted by Crippen LogP contribution is -2.03. The Kier molecular flexibility index (Phi) is 4.72. The Morgan fingerprint density at radius 3 is 1.86 bits per heavy atom. The van der Waals surface area contributed by atoms with Gasteiger partial charge in [0.25, 0.3) is 0 Å². The fourth-order valence-electron chi connectivity index (χ4n) is 3.60. The molecule has 0 amide bonds. The molecular formula is C24H20O5. The van der Waals surface area contributed by atoms with Crippen molar-refractivity contribution in [3.05, 3.63) is 60.7 Å². The Morgan fingerprint density at radius 1 is 0.759 bits per heavy atom. The number of rotatable bonds is 4. The third kappa shape index (κ3) is 3.31. The van der Waals surface area contributed by atoms with Crippen LogP contribution in [0.5, 0.6) is 23.0 Å². The van der Waals surface area contributed by atoms with Crippen LogP contribution in [0.4, 0.5) is 0 Å². The number of hydrogen-bond acceptors (Lipinski definition) is 5. The summed E-state index contributed by atoms with van der Waals surface area (Å²) in [6, 6.07) is 18.3. The Labute approximate surface area is 168 Å². The van der Waals surface area contributed by atoms with Crippen LogP contribution in [-0.2, 0) is 4.79 Å². The number of methoxy groups -OCH3 is 2. The minimum atomic E-state index is -0.430. The highest BCUT2D eigenvalue weighted by Crippen LogP contribution is 2.46. The maximum Gasteiger partial charge on any atom is 0.308 e. The minimum absolute atomic E-state index is 0.0967. The van der Waals surface area contributed by atoms with Gasteiger partial charge in [0, 0.05) is 18.1 Å². The second-order valence-electron chi connectivity index (χ2n) is 6.67. The zero-order chi connectivity index (χ0) is 20.5. The molecular weight excluding hydrogens is 368 g/mol. The largest absolute Gasteiger partial charge is 0.507 e. The zero-order valence-corrected chi connectivity index (χ0v) is 16.4. The average molecular weight is 388 g/mol. The Balaban J connectivity index is 2.11. The lowest BCUT2D eigenvalue weighted by Gasteiger charge is -2.17. The Hall–Kier alpha value is -3.73. The summed E-state index contributed by atoms with van der Waals surface area (Å²) in [7, 11) is 3.22. The van der Waals surface area contributed by atoms with Crippen molar-refractivity contribution in [1.29, 1.82) is 0 Å². The SMILES string of the molecule is COc1ccc2c(-c3c(OC(C)=O)ccc4cc(OC)ccc34)c(O)ccc2c1. The molecule has 146 valence electrons. The second kappa shape index (κ2) is 7.36. The topological polar surface area (TPSA) is 65.0 Å². The Morgan fingerprint density at radius 2 is 1.31 bits per heavy atom. The first-order chi connectivity index (χ1) is 14.0. The molecule has 0 aliphatic carbocycles. The van der Waals surface area contributed by atoms with Gasteiger partial charge in [-0.2, -0.15) is 0 Å². The molecule has 0 fully saturated rings. The van der Waals surface area contributed by atoms with E-state index in [2.05, 4.69) is 0 Å². The summed E-state index contributed by atoms with van der Waals surface area (Å²) in [5.74, 6) is 1.49. The van der Waals surface area contributed by atoms with Gasteiger partial charge in [-0.15, -0.1) is 0 Å². The van der Waals surface area contributed by atoms with E-state index < -0.39 is 5.97 Å². The fourth-order valence-corrected chi connectivity index (χ4v) is 3.60. The average Bonchev–Trinajstić information content (AvgIpc) is 2.73. The van der Waals surface area contributed by atoms with Crippen molar-refractivity contribution >= 4 is 27.5 Å². The number of carbonyl (C=O) groups is 1. The molecule has 0 saturated heterocycles. The first-order valence-corrected chi connectivity index (χ1v) is 9.11. The van der Waals surface area contributed by atoms with Crippen molar-refractivity contribution in [3.63, 3.8) is 0 Å². The van der Waals surface area contributed by atoms with E-state index in [9.17, 15) is 9.90 Å². The molecule has 4 aromatic carbocycles. The van der Waals surface area contributed by atoms with Gasteiger partial charge < -0.3 is 19.3 Å². The summed E-state index contributed by atoms with van der Waals surface area (Å²) in [4.78, 5) is 11.7. The summed E-state index contributed by atoms with van der Waals surface area (Å²) in [6.07, 6.45) is 0. The predicted octanol–water partition coefficient (Wildman–Crippen LogP) is 5.31. The van der Waals surface area contributed by atoms with Gasteiger partial charge in [0.05, 0.1) is 14.2 Å². The van der Waals surface area contributed by atoms with Crippen molar-refractivity contribution in [2.75, 3.05) is 14.2 Å². The highest BCUT2D eigenvalue weighted by atomic mass is 16.5. The molecule has 0 spiro atoms. The van der Waals surface area contributed by atoms with Crippen molar-refractivity contribution < 1.29 is 24.1 Å². The third-order valence-corrected chi connectivity index (χ3v) is 4.90. The summed E-state index contributed by atoms with van der Waals surface area (Å²) in [6.45, 7) is 1.36. The van der Waals surface area contributed by atoms with Crippen molar-refractivity contribution in [2.45, 2.75) is 6.92 Å². The maximum atomic E-state index is 11.7. The number of phenols is 1. The van der Waals surface area contributed by atoms with Crippen LogP contribution in [-0.4, -0.2) is 25.3 Å². The standard InChI is InChI=1S/C24H20O5/c1-14(25)29-22-11-5-16-13-18(28-3)7-9-20(16)24(22)23-19-8-6-17(27-2)12-15(19)4-10-21(23)26/h4-13,26H,1-3H3. The van der Waals surface area contributed by atoms with E-state index in [0.29, 0.717) is 16.9 Å². The van der Waals surface area contributed by atoms with Crippen molar-refractivity contribution in [1.82, 2.24) is 0 Å². The van der Waals surface area contributed by atoms with E-state index in [-0.39, 0.29) is 5.75 Å². The monoisotopic (exact) mass is 388 g/mol. The Bertz CT molecular complexity index is 1240. The van der Waals surface area contributed by atoms with Crippen LogP contribution in [0.3, 0.4) is 0 Å².